The maximum absolute atomic E-state index is 13.1. The molecule has 0 bridgehead atoms. The molecule has 1 N–H and O–H groups in total. The van der Waals surface area contributed by atoms with Crippen LogP contribution in [0.4, 0.5) is 5.69 Å². The molecule has 1 saturated heterocycles. The largest absolute Gasteiger partial charge is 0.335 e. The highest BCUT2D eigenvalue weighted by Gasteiger charge is 2.33. The highest BCUT2D eigenvalue weighted by atomic mass is 35.5. The van der Waals surface area contributed by atoms with E-state index in [1.807, 2.05) is 19.1 Å². The zero-order valence-electron chi connectivity index (χ0n) is 17.8. The second-order valence-corrected chi connectivity index (χ2v) is 10.5. The molecule has 0 aromatic heterocycles. The predicted molar refractivity (Wildman–Crippen MR) is 126 cm³/mol. The molecule has 0 radical (unpaired) electrons. The summed E-state index contributed by atoms with van der Waals surface area (Å²) in [7, 11) is -3.85. The maximum atomic E-state index is 13.1. The van der Waals surface area contributed by atoms with E-state index >= 15 is 0 Å². The number of halogens is 2. The van der Waals surface area contributed by atoms with Crippen LogP contribution in [0.3, 0.4) is 0 Å². The molecule has 174 valence electrons. The molecule has 2 amide bonds. The lowest BCUT2D eigenvalue weighted by atomic mass is 10.2. The standard InChI is InChI=1S/C22H22Cl2N4O4S/c1-15-2-5-17(6-3-15)28-21(29)9-8-19(25-28)22(30)26-10-12-27(13-11-26)33(31,32)20-14-16(23)4-7-18(20)24/h2-8,14,25H,9-13H2,1H3. The molecular formula is C22H22Cl2N4O4S. The van der Waals surface area contributed by atoms with Gasteiger partial charge in [-0.25, -0.2) is 13.4 Å². The Balaban J connectivity index is 1.43. The van der Waals surface area contributed by atoms with E-state index in [1.165, 1.54) is 27.5 Å². The summed E-state index contributed by atoms with van der Waals surface area (Å²) in [4.78, 5) is 26.9. The fourth-order valence-corrected chi connectivity index (χ4v) is 5.82. The lowest BCUT2D eigenvalue weighted by Crippen LogP contribution is -2.54. The van der Waals surface area contributed by atoms with Crippen molar-refractivity contribution in [3.63, 3.8) is 0 Å². The number of nitrogens with one attached hydrogen (secondary N) is 1. The summed E-state index contributed by atoms with van der Waals surface area (Å²) in [5, 5.41) is 1.72. The predicted octanol–water partition coefficient (Wildman–Crippen LogP) is 2.96. The number of aryl methyl sites for hydroxylation is 1. The van der Waals surface area contributed by atoms with E-state index in [0.717, 1.165) is 5.56 Å². The second kappa shape index (κ2) is 9.34. The monoisotopic (exact) mass is 508 g/mol. The third-order valence-corrected chi connectivity index (χ3v) is 8.14. The van der Waals surface area contributed by atoms with Crippen LogP contribution in [0.25, 0.3) is 0 Å². The van der Waals surface area contributed by atoms with Crippen LogP contribution in [0, 0.1) is 6.92 Å². The van der Waals surface area contributed by atoms with E-state index in [2.05, 4.69) is 5.43 Å². The number of piperazine rings is 1. The third kappa shape index (κ3) is 4.86. The van der Waals surface area contributed by atoms with E-state index in [0.29, 0.717) is 5.69 Å². The summed E-state index contributed by atoms with van der Waals surface area (Å²) in [6.45, 7) is 2.58. The van der Waals surface area contributed by atoms with Gasteiger partial charge in [-0.3, -0.25) is 15.0 Å². The number of rotatable bonds is 4. The number of anilines is 1. The molecule has 1 fully saturated rings. The van der Waals surface area contributed by atoms with Gasteiger partial charge in [0.05, 0.1) is 10.7 Å². The molecule has 0 saturated carbocycles. The summed E-state index contributed by atoms with van der Waals surface area (Å²) in [6, 6.07) is 11.7. The Bertz CT molecular complexity index is 1220. The number of hydrazine groups is 1. The SMILES string of the molecule is Cc1ccc(N2NC(C(=O)N3CCN(S(=O)(=O)c4cc(Cl)ccc4Cl)CC3)=CCC2=O)cc1. The molecule has 11 heteroatoms. The molecule has 2 aromatic carbocycles. The van der Waals surface area contributed by atoms with Crippen molar-refractivity contribution in [2.45, 2.75) is 18.2 Å². The van der Waals surface area contributed by atoms with Crippen LogP contribution in [-0.4, -0.2) is 55.6 Å². The van der Waals surface area contributed by atoms with Crippen molar-refractivity contribution >= 4 is 50.7 Å². The zero-order chi connectivity index (χ0) is 23.8. The Kier molecular flexibility index (Phi) is 6.67. The van der Waals surface area contributed by atoms with Gasteiger partial charge in [-0.05, 0) is 43.3 Å². The number of hydrogen-bond donors (Lipinski definition) is 1. The van der Waals surface area contributed by atoms with Crippen LogP contribution in [0.5, 0.6) is 0 Å². The van der Waals surface area contributed by atoms with Crippen LogP contribution in [0.1, 0.15) is 12.0 Å². The molecule has 2 aliphatic rings. The molecule has 0 unspecified atom stereocenters. The fourth-order valence-electron chi connectivity index (χ4n) is 3.66. The van der Waals surface area contributed by atoms with Gasteiger partial charge in [0.2, 0.25) is 15.9 Å². The molecule has 2 aromatic rings. The van der Waals surface area contributed by atoms with E-state index < -0.39 is 10.0 Å². The molecule has 2 heterocycles. The van der Waals surface area contributed by atoms with Crippen molar-refractivity contribution in [2.75, 3.05) is 31.2 Å². The summed E-state index contributed by atoms with van der Waals surface area (Å²) in [5.41, 5.74) is 4.88. The van der Waals surface area contributed by atoms with Crippen molar-refractivity contribution < 1.29 is 18.0 Å². The Morgan fingerprint density at radius 1 is 1.00 bits per heavy atom. The lowest BCUT2D eigenvalue weighted by molar-refractivity contribution is -0.129. The number of carbonyl (C=O) groups is 2. The molecule has 0 atom stereocenters. The molecule has 33 heavy (non-hydrogen) atoms. The Morgan fingerprint density at radius 2 is 1.67 bits per heavy atom. The van der Waals surface area contributed by atoms with Crippen LogP contribution in [-0.2, 0) is 19.6 Å². The minimum atomic E-state index is -3.85. The number of amides is 2. The second-order valence-electron chi connectivity index (χ2n) is 7.77. The van der Waals surface area contributed by atoms with Crippen LogP contribution >= 0.6 is 23.2 Å². The van der Waals surface area contributed by atoms with Crippen molar-refractivity contribution in [1.29, 1.82) is 0 Å². The van der Waals surface area contributed by atoms with E-state index in [-0.39, 0.29) is 65.1 Å². The first-order valence-corrected chi connectivity index (χ1v) is 12.5. The molecular weight excluding hydrogens is 487 g/mol. The number of carbonyl (C=O) groups excluding carboxylic acids is 2. The first-order chi connectivity index (χ1) is 15.7. The highest BCUT2D eigenvalue weighted by molar-refractivity contribution is 7.89. The Morgan fingerprint density at radius 3 is 2.33 bits per heavy atom. The normalized spacial score (nSPS) is 17.5. The van der Waals surface area contributed by atoms with E-state index in [1.54, 1.807) is 23.1 Å². The summed E-state index contributed by atoms with van der Waals surface area (Å²) in [6.07, 6.45) is 1.65. The minimum Gasteiger partial charge on any atom is -0.335 e. The average molecular weight is 509 g/mol. The van der Waals surface area contributed by atoms with Gasteiger partial charge in [0.25, 0.3) is 5.91 Å². The molecule has 0 aliphatic carbocycles. The van der Waals surface area contributed by atoms with E-state index in [9.17, 15) is 18.0 Å². The number of nitrogens with zero attached hydrogens (tertiary/aromatic N) is 3. The van der Waals surface area contributed by atoms with Crippen molar-refractivity contribution in [1.82, 2.24) is 14.6 Å². The third-order valence-electron chi connectivity index (χ3n) is 5.52. The van der Waals surface area contributed by atoms with Crippen molar-refractivity contribution in [2.24, 2.45) is 0 Å². The van der Waals surface area contributed by atoms with Crippen LogP contribution < -0.4 is 10.4 Å². The summed E-state index contributed by atoms with van der Waals surface area (Å²) >= 11 is 12.0. The topological polar surface area (TPSA) is 90.0 Å². The first kappa shape index (κ1) is 23.6. The average Bonchev–Trinajstić information content (AvgIpc) is 2.81. The molecule has 4 rings (SSSR count). The zero-order valence-corrected chi connectivity index (χ0v) is 20.1. The quantitative estimate of drug-likeness (QED) is 0.685. The van der Waals surface area contributed by atoms with Gasteiger partial charge in [-0.1, -0.05) is 40.9 Å². The van der Waals surface area contributed by atoms with E-state index in [4.69, 9.17) is 23.2 Å². The molecule has 8 nitrogen and oxygen atoms in total. The molecule has 0 spiro atoms. The number of hydrogen-bond acceptors (Lipinski definition) is 5. The van der Waals surface area contributed by atoms with Crippen molar-refractivity contribution in [3.05, 3.63) is 69.8 Å². The first-order valence-electron chi connectivity index (χ1n) is 10.3. The number of benzene rings is 2. The molecule has 2 aliphatic heterocycles. The Hall–Kier alpha value is -2.59. The van der Waals surface area contributed by atoms with Gasteiger partial charge in [0.1, 0.15) is 10.6 Å². The van der Waals surface area contributed by atoms with Gasteiger partial charge >= 0.3 is 0 Å². The maximum Gasteiger partial charge on any atom is 0.271 e. The highest BCUT2D eigenvalue weighted by Crippen LogP contribution is 2.28. The van der Waals surface area contributed by atoms with Crippen molar-refractivity contribution in [3.8, 4) is 0 Å². The Labute approximate surface area is 202 Å². The van der Waals surface area contributed by atoms with Gasteiger partial charge in [0.15, 0.2) is 0 Å². The van der Waals surface area contributed by atoms with Crippen LogP contribution in [0.15, 0.2) is 59.1 Å². The van der Waals surface area contributed by atoms with Gasteiger partial charge in [-0.2, -0.15) is 4.31 Å². The summed E-state index contributed by atoms with van der Waals surface area (Å²) < 4.78 is 27.3. The van der Waals surface area contributed by atoms with Gasteiger partial charge in [-0.15, -0.1) is 0 Å². The lowest BCUT2D eigenvalue weighted by Gasteiger charge is -2.36. The minimum absolute atomic E-state index is 0.0552. The smallest absolute Gasteiger partial charge is 0.271 e. The fraction of sp³-hybridized carbons (Fsp3) is 0.273. The van der Waals surface area contributed by atoms with Crippen LogP contribution in [0.2, 0.25) is 10.0 Å². The van der Waals surface area contributed by atoms with Gasteiger partial charge < -0.3 is 4.90 Å². The van der Waals surface area contributed by atoms with Gasteiger partial charge in [0, 0.05) is 37.6 Å². The number of sulfonamides is 1. The summed E-state index contributed by atoms with van der Waals surface area (Å²) in [5.74, 6) is -0.470.